The lowest BCUT2D eigenvalue weighted by Gasteiger charge is -2.11. The standard InChI is InChI=1S/C9H8ClNO3/c10-5-2-1-3-6(12)8(5)7-4-11-9(13)14-7/h1-3,7,12H,4H2,(H,11,13). The maximum absolute atomic E-state index is 10.8. The van der Waals surface area contributed by atoms with Gasteiger partial charge in [0.05, 0.1) is 17.1 Å². The molecule has 0 spiro atoms. The second-order valence-corrected chi connectivity index (χ2v) is 3.35. The maximum Gasteiger partial charge on any atom is 0.407 e. The first kappa shape index (κ1) is 9.15. The van der Waals surface area contributed by atoms with Crippen molar-refractivity contribution in [3.63, 3.8) is 0 Å². The van der Waals surface area contributed by atoms with Gasteiger partial charge in [-0.15, -0.1) is 0 Å². The summed E-state index contributed by atoms with van der Waals surface area (Å²) in [5.41, 5.74) is 0.451. The second-order valence-electron chi connectivity index (χ2n) is 2.95. The monoisotopic (exact) mass is 213 g/mol. The van der Waals surface area contributed by atoms with Crippen molar-refractivity contribution in [3.8, 4) is 5.75 Å². The number of ether oxygens (including phenoxy) is 1. The Morgan fingerprint density at radius 1 is 1.57 bits per heavy atom. The van der Waals surface area contributed by atoms with E-state index in [0.717, 1.165) is 0 Å². The highest BCUT2D eigenvalue weighted by Gasteiger charge is 2.28. The van der Waals surface area contributed by atoms with Gasteiger partial charge in [-0.25, -0.2) is 4.79 Å². The van der Waals surface area contributed by atoms with E-state index < -0.39 is 12.2 Å². The van der Waals surface area contributed by atoms with E-state index in [2.05, 4.69) is 5.32 Å². The average Bonchev–Trinajstić information content (AvgIpc) is 2.51. The highest BCUT2D eigenvalue weighted by Crippen LogP contribution is 2.34. The van der Waals surface area contributed by atoms with Crippen molar-refractivity contribution in [1.29, 1.82) is 0 Å². The summed E-state index contributed by atoms with van der Waals surface area (Å²) in [4.78, 5) is 10.8. The van der Waals surface area contributed by atoms with E-state index in [1.54, 1.807) is 12.1 Å². The molecule has 1 atom stereocenters. The lowest BCUT2D eigenvalue weighted by molar-refractivity contribution is 0.140. The minimum Gasteiger partial charge on any atom is -0.507 e. The predicted octanol–water partition coefficient (Wildman–Crippen LogP) is 1.83. The van der Waals surface area contributed by atoms with Gasteiger partial charge in [0.1, 0.15) is 5.75 Å². The number of phenolic OH excluding ortho intramolecular Hbond substituents is 1. The van der Waals surface area contributed by atoms with E-state index in [1.165, 1.54) is 6.07 Å². The topological polar surface area (TPSA) is 58.6 Å². The summed E-state index contributed by atoms with van der Waals surface area (Å²) in [7, 11) is 0. The number of carbonyl (C=O) groups excluding carboxylic acids is 1. The molecule has 0 aliphatic carbocycles. The first-order chi connectivity index (χ1) is 6.68. The first-order valence-electron chi connectivity index (χ1n) is 4.10. The predicted molar refractivity (Wildman–Crippen MR) is 50.3 cm³/mol. The lowest BCUT2D eigenvalue weighted by Crippen LogP contribution is -2.12. The van der Waals surface area contributed by atoms with Gasteiger partial charge in [-0.1, -0.05) is 17.7 Å². The fraction of sp³-hybridized carbons (Fsp3) is 0.222. The Morgan fingerprint density at radius 3 is 2.93 bits per heavy atom. The Kier molecular flexibility index (Phi) is 2.21. The van der Waals surface area contributed by atoms with Crippen molar-refractivity contribution in [2.24, 2.45) is 0 Å². The fourth-order valence-corrected chi connectivity index (χ4v) is 1.69. The third-order valence-corrected chi connectivity index (χ3v) is 2.36. The quantitative estimate of drug-likeness (QED) is 0.748. The Labute approximate surface area is 85.4 Å². The number of rotatable bonds is 1. The summed E-state index contributed by atoms with van der Waals surface area (Å²) < 4.78 is 4.91. The molecule has 1 aliphatic heterocycles. The Morgan fingerprint density at radius 2 is 2.36 bits per heavy atom. The average molecular weight is 214 g/mol. The van der Waals surface area contributed by atoms with Crippen molar-refractivity contribution >= 4 is 17.7 Å². The zero-order chi connectivity index (χ0) is 10.1. The van der Waals surface area contributed by atoms with Gasteiger partial charge in [0, 0.05) is 0 Å². The summed E-state index contributed by atoms with van der Waals surface area (Å²) in [6.07, 6.45) is -0.995. The summed E-state index contributed by atoms with van der Waals surface area (Å²) >= 11 is 5.88. The lowest BCUT2D eigenvalue weighted by atomic mass is 10.1. The largest absolute Gasteiger partial charge is 0.507 e. The first-order valence-corrected chi connectivity index (χ1v) is 4.48. The molecule has 14 heavy (non-hydrogen) atoms. The van der Waals surface area contributed by atoms with Crippen molar-refractivity contribution < 1.29 is 14.6 Å². The third-order valence-electron chi connectivity index (χ3n) is 2.03. The summed E-state index contributed by atoms with van der Waals surface area (Å²) in [5.74, 6) is 0.0407. The van der Waals surface area contributed by atoms with E-state index in [4.69, 9.17) is 16.3 Å². The number of carbonyl (C=O) groups is 1. The van der Waals surface area contributed by atoms with Gasteiger partial charge in [-0.2, -0.15) is 0 Å². The van der Waals surface area contributed by atoms with Crippen LogP contribution >= 0.6 is 11.6 Å². The molecule has 0 saturated carbocycles. The van der Waals surface area contributed by atoms with Crippen LogP contribution in [0, 0.1) is 0 Å². The van der Waals surface area contributed by atoms with Crippen molar-refractivity contribution in [3.05, 3.63) is 28.8 Å². The molecule has 1 aromatic carbocycles. The molecular formula is C9H8ClNO3. The summed E-state index contributed by atoms with van der Waals surface area (Å²) in [6, 6.07) is 4.78. The van der Waals surface area contributed by atoms with Gasteiger partial charge in [0.2, 0.25) is 0 Å². The van der Waals surface area contributed by atoms with E-state index in [9.17, 15) is 9.90 Å². The van der Waals surface area contributed by atoms with Crippen LogP contribution in [0.4, 0.5) is 4.79 Å². The van der Waals surface area contributed by atoms with Crippen LogP contribution in [-0.4, -0.2) is 17.7 Å². The van der Waals surface area contributed by atoms with Gasteiger partial charge in [-0.05, 0) is 12.1 Å². The van der Waals surface area contributed by atoms with Crippen molar-refractivity contribution in [2.75, 3.05) is 6.54 Å². The van der Waals surface area contributed by atoms with Gasteiger partial charge in [-0.3, -0.25) is 0 Å². The molecule has 4 nitrogen and oxygen atoms in total. The van der Waals surface area contributed by atoms with Crippen LogP contribution in [0.2, 0.25) is 5.02 Å². The molecule has 0 radical (unpaired) electrons. The number of halogens is 1. The van der Waals surface area contributed by atoms with Crippen molar-refractivity contribution in [1.82, 2.24) is 5.32 Å². The molecule has 0 bridgehead atoms. The van der Waals surface area contributed by atoms with Crippen molar-refractivity contribution in [2.45, 2.75) is 6.10 Å². The van der Waals surface area contributed by atoms with Crippen LogP contribution in [0.3, 0.4) is 0 Å². The van der Waals surface area contributed by atoms with E-state index in [1.807, 2.05) is 0 Å². The van der Waals surface area contributed by atoms with Crippen LogP contribution in [0.25, 0.3) is 0 Å². The molecule has 1 saturated heterocycles. The third kappa shape index (κ3) is 1.48. The van der Waals surface area contributed by atoms with E-state index in [0.29, 0.717) is 17.1 Å². The normalized spacial score (nSPS) is 20.4. The molecule has 1 amide bonds. The molecule has 74 valence electrons. The van der Waals surface area contributed by atoms with Gasteiger partial charge < -0.3 is 15.2 Å². The number of alkyl carbamates (subject to hydrolysis) is 1. The van der Waals surface area contributed by atoms with Crippen LogP contribution in [0.15, 0.2) is 18.2 Å². The number of cyclic esters (lactones) is 1. The number of phenols is 1. The minimum absolute atomic E-state index is 0.0407. The van der Waals surface area contributed by atoms with E-state index in [-0.39, 0.29) is 5.75 Å². The summed E-state index contributed by atoms with van der Waals surface area (Å²) in [6.45, 7) is 0.329. The number of benzene rings is 1. The number of aromatic hydroxyl groups is 1. The molecule has 1 aliphatic rings. The molecule has 1 heterocycles. The molecule has 1 aromatic rings. The second kappa shape index (κ2) is 3.38. The maximum atomic E-state index is 10.8. The SMILES string of the molecule is O=C1NCC(c2c(O)cccc2Cl)O1. The molecule has 1 unspecified atom stereocenters. The highest BCUT2D eigenvalue weighted by atomic mass is 35.5. The minimum atomic E-state index is -0.504. The number of amides is 1. The summed E-state index contributed by atoms with van der Waals surface area (Å²) in [5, 5.41) is 12.4. The molecule has 2 N–H and O–H groups in total. The van der Waals surface area contributed by atoms with Gasteiger partial charge in [0.25, 0.3) is 0 Å². The Balaban J connectivity index is 2.36. The van der Waals surface area contributed by atoms with Crippen LogP contribution in [-0.2, 0) is 4.74 Å². The molecule has 1 fully saturated rings. The molecule has 0 aromatic heterocycles. The zero-order valence-electron chi connectivity index (χ0n) is 7.16. The smallest absolute Gasteiger partial charge is 0.407 e. The van der Waals surface area contributed by atoms with Crippen LogP contribution < -0.4 is 5.32 Å². The Bertz CT molecular complexity index is 360. The highest BCUT2D eigenvalue weighted by molar-refractivity contribution is 6.31. The molecule has 2 rings (SSSR count). The van der Waals surface area contributed by atoms with Gasteiger partial charge in [0.15, 0.2) is 6.10 Å². The molecule has 5 heteroatoms. The molecular weight excluding hydrogens is 206 g/mol. The fourth-order valence-electron chi connectivity index (χ4n) is 1.39. The van der Waals surface area contributed by atoms with Crippen LogP contribution in [0.1, 0.15) is 11.7 Å². The zero-order valence-corrected chi connectivity index (χ0v) is 7.91. The van der Waals surface area contributed by atoms with Crippen LogP contribution in [0.5, 0.6) is 5.75 Å². The van der Waals surface area contributed by atoms with Gasteiger partial charge >= 0.3 is 6.09 Å². The van der Waals surface area contributed by atoms with E-state index >= 15 is 0 Å². The Hall–Kier alpha value is -1.42. The number of hydrogen-bond donors (Lipinski definition) is 2. The number of hydrogen-bond acceptors (Lipinski definition) is 3. The number of nitrogens with one attached hydrogen (secondary N) is 1.